The number of benzene rings is 1. The number of hydrogen-bond donors (Lipinski definition) is 1. The van der Waals surface area contributed by atoms with Gasteiger partial charge in [0.25, 0.3) is 0 Å². The Morgan fingerprint density at radius 1 is 1.35 bits per heavy atom. The summed E-state index contributed by atoms with van der Waals surface area (Å²) in [6, 6.07) is 4.35. The molecule has 2 unspecified atom stereocenters. The first-order valence-electron chi connectivity index (χ1n) is 5.57. The smallest absolute Gasteiger partial charge is 0.159 e. The van der Waals surface area contributed by atoms with E-state index in [0.29, 0.717) is 12.6 Å². The lowest BCUT2D eigenvalue weighted by Crippen LogP contribution is -2.43. The topological polar surface area (TPSA) is 21.3 Å². The molecule has 2 atom stereocenters. The third-order valence-electron chi connectivity index (χ3n) is 2.85. The summed E-state index contributed by atoms with van der Waals surface area (Å²) in [5.74, 6) is -1.60. The van der Waals surface area contributed by atoms with Gasteiger partial charge < -0.3 is 10.1 Å². The van der Waals surface area contributed by atoms with E-state index in [1.165, 1.54) is 17.8 Å². The van der Waals surface area contributed by atoms with Crippen molar-refractivity contribution in [2.24, 2.45) is 0 Å². The summed E-state index contributed by atoms with van der Waals surface area (Å²) < 4.78 is 31.3. The molecule has 0 aliphatic carbocycles. The molecule has 94 valence electrons. The quantitative estimate of drug-likeness (QED) is 0.901. The van der Waals surface area contributed by atoms with Gasteiger partial charge >= 0.3 is 0 Å². The van der Waals surface area contributed by atoms with Crippen molar-refractivity contribution in [3.8, 4) is 0 Å². The van der Waals surface area contributed by atoms with Crippen LogP contribution >= 0.6 is 11.8 Å². The van der Waals surface area contributed by atoms with Crippen LogP contribution in [0, 0.1) is 11.6 Å². The maximum Gasteiger partial charge on any atom is 0.159 e. The number of rotatable bonds is 3. The Kier molecular flexibility index (Phi) is 4.36. The van der Waals surface area contributed by atoms with E-state index < -0.39 is 11.6 Å². The maximum absolute atomic E-state index is 13.1. The molecule has 1 aromatic rings. The second-order valence-electron chi connectivity index (χ2n) is 3.99. The molecule has 1 fully saturated rings. The van der Waals surface area contributed by atoms with E-state index in [1.54, 1.807) is 6.07 Å². The summed E-state index contributed by atoms with van der Waals surface area (Å²) in [4.78, 5) is 0.736. The highest BCUT2D eigenvalue weighted by Crippen LogP contribution is 2.29. The van der Waals surface area contributed by atoms with Gasteiger partial charge in [-0.1, -0.05) is 0 Å². The Labute approximate surface area is 104 Å². The highest BCUT2D eigenvalue weighted by atomic mass is 32.2. The van der Waals surface area contributed by atoms with Gasteiger partial charge in [0.2, 0.25) is 0 Å². The van der Waals surface area contributed by atoms with Crippen LogP contribution in [0.2, 0.25) is 0 Å². The molecule has 0 aromatic heterocycles. The molecule has 1 saturated heterocycles. The Morgan fingerprint density at radius 2 is 2.18 bits per heavy atom. The van der Waals surface area contributed by atoms with Crippen LogP contribution in [-0.4, -0.2) is 31.6 Å². The minimum atomic E-state index is -0.806. The molecule has 0 spiro atoms. The summed E-state index contributed by atoms with van der Waals surface area (Å²) in [5.41, 5.74) is 0. The van der Waals surface area contributed by atoms with E-state index >= 15 is 0 Å². The van der Waals surface area contributed by atoms with Crippen LogP contribution in [0.1, 0.15) is 6.42 Å². The number of ether oxygens (including phenoxy) is 1. The molecule has 1 aliphatic heterocycles. The van der Waals surface area contributed by atoms with Gasteiger partial charge in [-0.25, -0.2) is 8.78 Å². The Hall–Kier alpha value is -0.650. The maximum atomic E-state index is 13.1. The third kappa shape index (κ3) is 3.18. The lowest BCUT2D eigenvalue weighted by Gasteiger charge is -2.30. The van der Waals surface area contributed by atoms with E-state index in [-0.39, 0.29) is 5.25 Å². The van der Waals surface area contributed by atoms with E-state index in [2.05, 4.69) is 5.32 Å². The van der Waals surface area contributed by atoms with Gasteiger partial charge in [0, 0.05) is 22.8 Å². The Balaban J connectivity index is 2.05. The van der Waals surface area contributed by atoms with Crippen molar-refractivity contribution >= 4 is 11.8 Å². The summed E-state index contributed by atoms with van der Waals surface area (Å²) >= 11 is 1.53. The first-order valence-corrected chi connectivity index (χ1v) is 6.45. The molecule has 1 aromatic carbocycles. The van der Waals surface area contributed by atoms with Crippen molar-refractivity contribution in [3.05, 3.63) is 29.8 Å². The first-order chi connectivity index (χ1) is 8.20. The highest BCUT2D eigenvalue weighted by Gasteiger charge is 2.25. The van der Waals surface area contributed by atoms with Gasteiger partial charge in [-0.15, -0.1) is 11.8 Å². The van der Waals surface area contributed by atoms with Crippen LogP contribution in [0.15, 0.2) is 23.1 Å². The molecule has 1 heterocycles. The van der Waals surface area contributed by atoms with E-state index in [0.717, 1.165) is 24.0 Å². The number of halogens is 2. The monoisotopic (exact) mass is 259 g/mol. The molecule has 2 nitrogen and oxygen atoms in total. The minimum Gasteiger partial charge on any atom is -0.380 e. The molecule has 0 radical (unpaired) electrons. The van der Waals surface area contributed by atoms with Gasteiger partial charge in [-0.2, -0.15) is 0 Å². The van der Waals surface area contributed by atoms with Crippen molar-refractivity contribution in [3.63, 3.8) is 0 Å². The van der Waals surface area contributed by atoms with Crippen LogP contribution < -0.4 is 5.32 Å². The van der Waals surface area contributed by atoms with Crippen molar-refractivity contribution in [2.75, 3.05) is 20.3 Å². The number of nitrogens with one attached hydrogen (secondary N) is 1. The summed E-state index contributed by atoms with van der Waals surface area (Å²) in [7, 11) is 1.91. The average molecular weight is 259 g/mol. The van der Waals surface area contributed by atoms with Crippen LogP contribution in [-0.2, 0) is 4.74 Å². The summed E-state index contributed by atoms with van der Waals surface area (Å²) in [6.07, 6.45) is 0.942. The lowest BCUT2D eigenvalue weighted by molar-refractivity contribution is 0.0850. The number of hydrogen-bond acceptors (Lipinski definition) is 3. The van der Waals surface area contributed by atoms with E-state index in [1.807, 2.05) is 7.05 Å². The molecule has 0 bridgehead atoms. The lowest BCUT2D eigenvalue weighted by atomic mass is 10.1. The molecule has 0 saturated carbocycles. The summed E-state index contributed by atoms with van der Waals surface area (Å²) in [6.45, 7) is 1.38. The Bertz CT molecular complexity index is 389. The first kappa shape index (κ1) is 12.8. The predicted octanol–water partition coefficient (Wildman–Crippen LogP) is 2.43. The fourth-order valence-electron chi connectivity index (χ4n) is 1.88. The zero-order valence-electron chi connectivity index (χ0n) is 9.58. The second-order valence-corrected chi connectivity index (χ2v) is 5.30. The van der Waals surface area contributed by atoms with Gasteiger partial charge in [0.1, 0.15) is 0 Å². The molecular formula is C12H15F2NOS. The Morgan fingerprint density at radius 3 is 2.88 bits per heavy atom. The second kappa shape index (κ2) is 5.80. The zero-order valence-corrected chi connectivity index (χ0v) is 10.4. The standard InChI is InChI=1S/C12H15F2NOS/c1-15-11-4-5-16-7-12(11)17-8-2-3-9(13)10(14)6-8/h2-3,6,11-12,15H,4-5,7H2,1H3. The SMILES string of the molecule is CNC1CCOCC1Sc1ccc(F)c(F)c1. The number of thioether (sulfide) groups is 1. The van der Waals surface area contributed by atoms with Crippen LogP contribution in [0.5, 0.6) is 0 Å². The molecular weight excluding hydrogens is 244 g/mol. The molecule has 2 rings (SSSR count). The normalized spacial score (nSPS) is 24.9. The minimum absolute atomic E-state index is 0.235. The average Bonchev–Trinajstić information content (AvgIpc) is 2.34. The van der Waals surface area contributed by atoms with Crippen molar-refractivity contribution in [1.82, 2.24) is 5.32 Å². The van der Waals surface area contributed by atoms with Crippen molar-refractivity contribution in [2.45, 2.75) is 22.6 Å². The van der Waals surface area contributed by atoms with Crippen LogP contribution in [0.3, 0.4) is 0 Å². The van der Waals surface area contributed by atoms with Crippen molar-refractivity contribution < 1.29 is 13.5 Å². The summed E-state index contributed by atoms with van der Waals surface area (Å²) in [5, 5.41) is 3.47. The molecule has 1 aliphatic rings. The molecule has 1 N–H and O–H groups in total. The van der Waals surface area contributed by atoms with Crippen LogP contribution in [0.4, 0.5) is 8.78 Å². The van der Waals surface area contributed by atoms with Crippen LogP contribution in [0.25, 0.3) is 0 Å². The third-order valence-corrected chi connectivity index (χ3v) is 4.15. The van der Waals surface area contributed by atoms with Crippen molar-refractivity contribution in [1.29, 1.82) is 0 Å². The van der Waals surface area contributed by atoms with E-state index in [4.69, 9.17) is 4.74 Å². The molecule has 17 heavy (non-hydrogen) atoms. The van der Waals surface area contributed by atoms with Gasteiger partial charge in [-0.3, -0.25) is 0 Å². The fraction of sp³-hybridized carbons (Fsp3) is 0.500. The van der Waals surface area contributed by atoms with Gasteiger partial charge in [0.15, 0.2) is 11.6 Å². The largest absolute Gasteiger partial charge is 0.380 e. The van der Waals surface area contributed by atoms with E-state index in [9.17, 15) is 8.78 Å². The zero-order chi connectivity index (χ0) is 12.3. The predicted molar refractivity (Wildman–Crippen MR) is 64.3 cm³/mol. The fourth-order valence-corrected chi connectivity index (χ4v) is 3.15. The highest BCUT2D eigenvalue weighted by molar-refractivity contribution is 8.00. The van der Waals surface area contributed by atoms with Gasteiger partial charge in [0.05, 0.1) is 6.61 Å². The van der Waals surface area contributed by atoms with Gasteiger partial charge in [-0.05, 0) is 31.7 Å². The molecule has 5 heteroatoms. The molecule has 0 amide bonds.